The number of imidazole rings is 1. The van der Waals surface area contributed by atoms with Crippen molar-refractivity contribution >= 4 is 15.5 Å². The van der Waals surface area contributed by atoms with Crippen LogP contribution in [0.15, 0.2) is 27.9 Å². The first-order valence-electron chi connectivity index (χ1n) is 10.9. The molecule has 1 aliphatic rings. The highest BCUT2D eigenvalue weighted by molar-refractivity contribution is 7.89. The van der Waals surface area contributed by atoms with E-state index in [1.165, 1.54) is 21.0 Å². The highest BCUT2D eigenvalue weighted by Gasteiger charge is 2.35. The van der Waals surface area contributed by atoms with E-state index in [0.29, 0.717) is 41.4 Å². The molecule has 33 heavy (non-hydrogen) atoms. The number of hydroxylamine groups is 2. The van der Waals surface area contributed by atoms with Crippen LogP contribution in [0.5, 0.6) is 5.75 Å². The predicted molar refractivity (Wildman–Crippen MR) is 121 cm³/mol. The lowest BCUT2D eigenvalue weighted by molar-refractivity contribution is -0.122. The molecule has 178 valence electrons. The van der Waals surface area contributed by atoms with Gasteiger partial charge >= 0.3 is 0 Å². The second-order valence-electron chi connectivity index (χ2n) is 7.99. The number of H-pyrrole nitrogens is 1. The van der Waals surface area contributed by atoms with Gasteiger partial charge in [-0.25, -0.2) is 17.9 Å². The molecule has 4 rings (SSSR count). The number of hydrogen-bond acceptors (Lipinski definition) is 8. The molecule has 1 unspecified atom stereocenters. The van der Waals surface area contributed by atoms with E-state index in [9.17, 15) is 18.4 Å². The van der Waals surface area contributed by atoms with Crippen LogP contribution in [0, 0.1) is 13.8 Å². The average molecular weight is 477 g/mol. The summed E-state index contributed by atoms with van der Waals surface area (Å²) in [6.07, 6.45) is 0.560. The number of aryl methyl sites for hydroxylation is 2. The maximum Gasteiger partial charge on any atom is 0.277 e. The molecule has 0 saturated carbocycles. The third kappa shape index (κ3) is 4.14. The van der Waals surface area contributed by atoms with Crippen LogP contribution < -0.4 is 10.3 Å². The van der Waals surface area contributed by atoms with E-state index in [1.807, 2.05) is 13.8 Å². The van der Waals surface area contributed by atoms with Gasteiger partial charge in [0.25, 0.3) is 5.56 Å². The van der Waals surface area contributed by atoms with Crippen molar-refractivity contribution in [2.75, 3.05) is 26.2 Å². The van der Waals surface area contributed by atoms with Crippen molar-refractivity contribution in [3.8, 4) is 17.1 Å². The van der Waals surface area contributed by atoms with Crippen LogP contribution in [-0.2, 0) is 10.0 Å². The fourth-order valence-electron chi connectivity index (χ4n) is 4.20. The fraction of sp³-hybridized carbons (Fsp3) is 0.476. The number of fused-ring (bicyclic) bond motifs is 1. The van der Waals surface area contributed by atoms with Crippen molar-refractivity contribution in [1.82, 2.24) is 29.0 Å². The second kappa shape index (κ2) is 8.86. The molecule has 1 aliphatic heterocycles. The predicted octanol–water partition coefficient (Wildman–Crippen LogP) is 1.57. The van der Waals surface area contributed by atoms with Gasteiger partial charge in [-0.05, 0) is 45.4 Å². The lowest BCUT2D eigenvalue weighted by Gasteiger charge is -2.37. The van der Waals surface area contributed by atoms with Crippen LogP contribution in [-0.4, -0.2) is 74.9 Å². The number of benzene rings is 1. The maximum atomic E-state index is 13.5. The van der Waals surface area contributed by atoms with Crippen molar-refractivity contribution in [2.24, 2.45) is 0 Å². The minimum atomic E-state index is -3.86. The summed E-state index contributed by atoms with van der Waals surface area (Å²) in [5.74, 6) is 1.13. The molecule has 0 amide bonds. The molecule has 11 nitrogen and oxygen atoms in total. The highest BCUT2D eigenvalue weighted by Crippen LogP contribution is 2.32. The molecular weight excluding hydrogens is 448 g/mol. The van der Waals surface area contributed by atoms with Gasteiger partial charge in [-0.3, -0.25) is 4.79 Å². The lowest BCUT2D eigenvalue weighted by Crippen LogP contribution is -2.53. The number of sulfonamides is 1. The number of aromatic amines is 1. The Hall–Kier alpha value is -2.80. The first-order valence-corrected chi connectivity index (χ1v) is 12.3. The summed E-state index contributed by atoms with van der Waals surface area (Å²) < 4.78 is 35.6. The van der Waals surface area contributed by atoms with Gasteiger partial charge in [0, 0.05) is 25.7 Å². The van der Waals surface area contributed by atoms with E-state index in [4.69, 9.17) is 4.74 Å². The summed E-state index contributed by atoms with van der Waals surface area (Å²) in [4.78, 5) is 19.9. The number of aromatic nitrogens is 4. The second-order valence-corrected chi connectivity index (χ2v) is 9.88. The van der Waals surface area contributed by atoms with Gasteiger partial charge in [-0.1, -0.05) is 6.92 Å². The largest absolute Gasteiger partial charge is 0.493 e. The normalized spacial score (nSPS) is 18.2. The van der Waals surface area contributed by atoms with Crippen LogP contribution in [0.25, 0.3) is 16.9 Å². The Kier molecular flexibility index (Phi) is 6.27. The van der Waals surface area contributed by atoms with Crippen LogP contribution in [0.1, 0.15) is 31.8 Å². The molecule has 0 bridgehead atoms. The molecule has 1 fully saturated rings. The molecule has 12 heteroatoms. The van der Waals surface area contributed by atoms with E-state index in [2.05, 4.69) is 15.1 Å². The van der Waals surface area contributed by atoms with Crippen LogP contribution >= 0.6 is 0 Å². The Bertz CT molecular complexity index is 1350. The van der Waals surface area contributed by atoms with Gasteiger partial charge in [0.15, 0.2) is 11.3 Å². The molecule has 2 aromatic heterocycles. The van der Waals surface area contributed by atoms with Crippen LogP contribution in [0.3, 0.4) is 0 Å². The summed E-state index contributed by atoms with van der Waals surface area (Å²) >= 11 is 0. The SMILES string of the molecule is CCOc1ccc(S(=O)(=O)N2CCN(O)CC2CC)cc1-c1nn2c(C)nc(C)c2c(=O)[nH]1. The molecule has 0 aliphatic carbocycles. The topological polar surface area (TPSA) is 133 Å². The molecule has 1 aromatic carbocycles. The number of rotatable bonds is 6. The highest BCUT2D eigenvalue weighted by atomic mass is 32.2. The minimum absolute atomic E-state index is 0.0621. The number of piperazine rings is 1. The first kappa shape index (κ1) is 23.4. The van der Waals surface area contributed by atoms with Crippen molar-refractivity contribution < 1.29 is 18.4 Å². The van der Waals surface area contributed by atoms with E-state index in [-0.39, 0.29) is 42.0 Å². The molecule has 1 saturated heterocycles. The van der Waals surface area contributed by atoms with Crippen molar-refractivity contribution in [3.05, 3.63) is 40.1 Å². The number of nitrogens with one attached hydrogen (secondary N) is 1. The molecule has 1 atom stereocenters. The zero-order chi connectivity index (χ0) is 23.9. The summed E-state index contributed by atoms with van der Waals surface area (Å²) in [5, 5.41) is 15.5. The quantitative estimate of drug-likeness (QED) is 0.548. The Labute approximate surface area is 191 Å². The average Bonchev–Trinajstić information content (AvgIpc) is 3.07. The van der Waals surface area contributed by atoms with E-state index < -0.39 is 10.0 Å². The van der Waals surface area contributed by atoms with E-state index in [1.54, 1.807) is 19.9 Å². The summed E-state index contributed by atoms with van der Waals surface area (Å²) in [7, 11) is -3.86. The minimum Gasteiger partial charge on any atom is -0.493 e. The third-order valence-corrected chi connectivity index (χ3v) is 7.78. The smallest absolute Gasteiger partial charge is 0.277 e. The number of hydrogen-bond donors (Lipinski definition) is 2. The zero-order valence-corrected chi connectivity index (χ0v) is 19.9. The number of ether oxygens (including phenoxy) is 1. The van der Waals surface area contributed by atoms with Gasteiger partial charge in [-0.2, -0.15) is 9.37 Å². The standard InChI is InChI=1S/C21H28N6O5S/c1-5-15-12-25(29)9-10-26(15)33(30,31)16-7-8-18(32-6-2)17(11-16)20-23-21(28)19-13(3)22-14(4)27(19)24-20/h7-8,11,15,29H,5-6,9-10,12H2,1-4H3,(H,23,24,28). The van der Waals surface area contributed by atoms with Gasteiger partial charge in [-0.15, -0.1) is 5.10 Å². The number of nitrogens with zero attached hydrogens (tertiary/aromatic N) is 5. The van der Waals surface area contributed by atoms with Gasteiger partial charge in [0.05, 0.1) is 22.8 Å². The summed E-state index contributed by atoms with van der Waals surface area (Å²) in [5.41, 5.74) is 0.879. The van der Waals surface area contributed by atoms with Gasteiger partial charge < -0.3 is 14.9 Å². The third-order valence-electron chi connectivity index (χ3n) is 5.83. The van der Waals surface area contributed by atoms with Crippen molar-refractivity contribution in [1.29, 1.82) is 0 Å². The Morgan fingerprint density at radius 2 is 2.00 bits per heavy atom. The zero-order valence-electron chi connectivity index (χ0n) is 19.1. The summed E-state index contributed by atoms with van der Waals surface area (Å²) in [6, 6.07) is 4.19. The van der Waals surface area contributed by atoms with Gasteiger partial charge in [0.2, 0.25) is 10.0 Å². The molecule has 0 radical (unpaired) electrons. The van der Waals surface area contributed by atoms with E-state index in [0.717, 1.165) is 5.06 Å². The van der Waals surface area contributed by atoms with E-state index >= 15 is 0 Å². The monoisotopic (exact) mass is 476 g/mol. The maximum absolute atomic E-state index is 13.5. The molecule has 0 spiro atoms. The van der Waals surface area contributed by atoms with Gasteiger partial charge in [0.1, 0.15) is 11.6 Å². The lowest BCUT2D eigenvalue weighted by atomic mass is 10.2. The fourth-order valence-corrected chi connectivity index (χ4v) is 5.90. The van der Waals surface area contributed by atoms with Crippen molar-refractivity contribution in [2.45, 2.75) is 45.1 Å². The Morgan fingerprint density at radius 3 is 2.70 bits per heavy atom. The summed E-state index contributed by atoms with van der Waals surface area (Å²) in [6.45, 7) is 8.17. The molecular formula is C21H28N6O5S. The van der Waals surface area contributed by atoms with Crippen LogP contribution in [0.4, 0.5) is 0 Å². The molecule has 2 N–H and O–H groups in total. The van der Waals surface area contributed by atoms with Crippen LogP contribution in [0.2, 0.25) is 0 Å². The molecule has 3 aromatic rings. The Balaban J connectivity index is 1.86. The molecule has 3 heterocycles. The van der Waals surface area contributed by atoms with Crippen molar-refractivity contribution in [3.63, 3.8) is 0 Å². The Morgan fingerprint density at radius 1 is 1.24 bits per heavy atom. The first-order chi connectivity index (χ1) is 15.7.